The van der Waals surface area contributed by atoms with Gasteiger partial charge in [-0.15, -0.1) is 0 Å². The second-order valence-corrected chi connectivity index (χ2v) is 63.6. The molecule has 18 heteroatoms. The lowest BCUT2D eigenvalue weighted by molar-refractivity contribution is -0.155. The zero-order chi connectivity index (χ0) is 57.0. The Hall–Kier alpha value is -0.372. The van der Waals surface area contributed by atoms with E-state index < -0.39 is 69.2 Å². The smallest absolute Gasteiger partial charge is 0.330 e. The van der Waals surface area contributed by atoms with Crippen molar-refractivity contribution in [3.8, 4) is 0 Å². The van der Waals surface area contributed by atoms with Gasteiger partial charge in [0.05, 0.1) is 46.7 Å². The average Bonchev–Trinajstić information content (AvgIpc) is 3.08. The Bertz CT molecular complexity index is 1700. The molecule has 0 saturated heterocycles. The lowest BCUT2D eigenvalue weighted by Crippen LogP contribution is -2.66. The molecule has 2 aliphatic rings. The van der Waals surface area contributed by atoms with Crippen LogP contribution in [0, 0.1) is 0 Å². The van der Waals surface area contributed by atoms with Crippen LogP contribution in [-0.2, 0) is 50.4 Å². The van der Waals surface area contributed by atoms with E-state index in [2.05, 4.69) is 213 Å². The van der Waals surface area contributed by atoms with Crippen molar-refractivity contribution < 1.29 is 50.4 Å². The zero-order valence-corrected chi connectivity index (χ0v) is 59.4. The van der Waals surface area contributed by atoms with Gasteiger partial charge in [0.15, 0.2) is 49.9 Å². The van der Waals surface area contributed by atoms with Gasteiger partial charge in [0.2, 0.25) is 0 Å². The molecule has 2 aliphatic carbocycles. The third-order valence-corrected chi connectivity index (χ3v) is 37.1. The monoisotopic (exact) mass is 1120 g/mol. The number of esters is 2. The summed E-state index contributed by atoms with van der Waals surface area (Å²) in [6.07, 6.45) is 2.89. The average molecular weight is 1120 g/mol. The van der Waals surface area contributed by atoms with Gasteiger partial charge < -0.3 is 36.0 Å². The van der Waals surface area contributed by atoms with E-state index in [1.165, 1.54) is 14.2 Å². The molecule has 0 N–H and O–H groups in total. The third-order valence-electron chi connectivity index (χ3n) is 15.7. The van der Waals surface area contributed by atoms with Crippen molar-refractivity contribution in [2.75, 3.05) is 14.2 Å². The molecule has 0 aliphatic heterocycles. The van der Waals surface area contributed by atoms with E-state index >= 15 is 0 Å². The lowest BCUT2D eigenvalue weighted by Gasteiger charge is -2.55. The fourth-order valence-corrected chi connectivity index (χ4v) is 17.2. The van der Waals surface area contributed by atoms with E-state index in [1.807, 2.05) is 0 Å². The van der Waals surface area contributed by atoms with Crippen LogP contribution >= 0.6 is 0 Å². The molecule has 2 rings (SSSR count). The number of ketones is 1. The summed E-state index contributed by atoms with van der Waals surface area (Å²) >= 11 is 0. The minimum Gasteiger partial charge on any atom is -0.469 e. The minimum absolute atomic E-state index is 0.0620. The topological polar surface area (TPSA) is 125 Å². The molecule has 0 amide bonds. The second kappa shape index (κ2) is 24.5. The molecule has 71 heavy (non-hydrogen) atoms. The standard InChI is InChI=1S/C25H52O5Si3.C22H48O4Si3.C6H14O2Si/c1-23(2,3)32(12,13)28-20-16-19(18-22(26)27-8)17-21(25(20,7)30-31(9,10)11)29-33(14,15)24(4,5)6;1-20(2,3)28(11,12)24-18-15-17(23)16-19(22(18,7)26-27(8,9)10)25-29(13,14)21(4,5)6;1-8-6(7)5-9(2,3)4/h18,20-21H,16-17H2,1-15H3;18-19H,15-16H2,1-14H3;5H2,1-4H3/t20-,21-,25?;18-,19-;/m11./s1. The minimum atomic E-state index is -2.11. The van der Waals surface area contributed by atoms with Gasteiger partial charge in [0.25, 0.3) is 0 Å². The highest BCUT2D eigenvalue weighted by Gasteiger charge is 2.57. The van der Waals surface area contributed by atoms with E-state index in [0.29, 0.717) is 31.7 Å². The molecule has 0 aromatic heterocycles. The largest absolute Gasteiger partial charge is 0.469 e. The Morgan fingerprint density at radius 3 is 0.915 bits per heavy atom. The lowest BCUT2D eigenvalue weighted by atomic mass is 9.78. The Kier molecular flexibility index (Phi) is 24.4. The van der Waals surface area contributed by atoms with Gasteiger partial charge in [0, 0.05) is 25.0 Å². The molecule has 4 atom stereocenters. The number of carbonyl (C=O) groups is 3. The van der Waals surface area contributed by atoms with Crippen LogP contribution in [-0.4, -0.2) is 126 Å². The molecule has 0 radical (unpaired) electrons. The zero-order valence-electron chi connectivity index (χ0n) is 52.4. The second-order valence-electron chi connectivity index (χ2n) is 30.3. The molecule has 0 unspecified atom stereocenters. The molecule has 11 nitrogen and oxygen atoms in total. The first-order chi connectivity index (χ1) is 30.9. The van der Waals surface area contributed by atoms with Gasteiger partial charge in [0.1, 0.15) is 17.0 Å². The summed E-state index contributed by atoms with van der Waals surface area (Å²) in [5.74, 6) is -0.167. The van der Waals surface area contributed by atoms with Crippen molar-refractivity contribution in [1.82, 2.24) is 0 Å². The molecule has 0 aromatic rings. The Morgan fingerprint density at radius 2 is 0.732 bits per heavy atom. The van der Waals surface area contributed by atoms with Gasteiger partial charge in [-0.3, -0.25) is 9.59 Å². The first-order valence-corrected chi connectivity index (χ1v) is 48.6. The quantitative estimate of drug-likeness (QED) is 0.0884. The van der Waals surface area contributed by atoms with E-state index in [9.17, 15) is 14.4 Å². The summed E-state index contributed by atoms with van der Waals surface area (Å²) in [5, 5.41) is 0.270. The summed E-state index contributed by atoms with van der Waals surface area (Å²) in [7, 11) is -10.6. The number of Topliss-reactive ketones (excluding diaryl/α,β-unsaturated/α-hetero) is 1. The first kappa shape index (κ1) is 70.6. The number of ether oxygens (including phenoxy) is 2. The van der Waals surface area contributed by atoms with Crippen LogP contribution in [0.15, 0.2) is 11.6 Å². The maximum atomic E-state index is 12.8. The Morgan fingerprint density at radius 1 is 0.479 bits per heavy atom. The van der Waals surface area contributed by atoms with Crippen molar-refractivity contribution in [1.29, 1.82) is 0 Å². The van der Waals surface area contributed by atoms with Crippen molar-refractivity contribution >= 4 is 75.7 Å². The van der Waals surface area contributed by atoms with Gasteiger partial charge in [-0.05, 0) is 139 Å². The van der Waals surface area contributed by atoms with Crippen molar-refractivity contribution in [3.05, 3.63) is 11.6 Å². The summed E-state index contributed by atoms with van der Waals surface area (Å²) in [6.45, 7) is 69.2. The van der Waals surface area contributed by atoms with Crippen molar-refractivity contribution in [3.63, 3.8) is 0 Å². The van der Waals surface area contributed by atoms with E-state index in [1.54, 1.807) is 6.08 Å². The number of methoxy groups -OCH3 is 2. The molecule has 0 aromatic carbocycles. The fourth-order valence-electron chi connectivity index (χ4n) is 7.48. The van der Waals surface area contributed by atoms with E-state index in [-0.39, 0.29) is 62.3 Å². The van der Waals surface area contributed by atoms with Crippen molar-refractivity contribution in [2.45, 2.75) is 296 Å². The van der Waals surface area contributed by atoms with Crippen LogP contribution in [0.1, 0.15) is 123 Å². The maximum absolute atomic E-state index is 12.8. The van der Waals surface area contributed by atoms with Crippen LogP contribution in [0.5, 0.6) is 0 Å². The molecular formula is C53H114O11Si7. The van der Waals surface area contributed by atoms with E-state index in [0.717, 1.165) is 5.57 Å². The normalized spacial score (nSPS) is 23.5. The third kappa shape index (κ3) is 21.9. The van der Waals surface area contributed by atoms with Gasteiger partial charge in [-0.2, -0.15) is 0 Å². The summed E-state index contributed by atoms with van der Waals surface area (Å²) < 4.78 is 51.1. The Labute approximate surface area is 445 Å². The number of hydrogen-bond acceptors (Lipinski definition) is 11. The van der Waals surface area contributed by atoms with E-state index in [4.69, 9.17) is 31.3 Å². The molecule has 0 heterocycles. The Balaban J connectivity index is 0.00000118. The predicted molar refractivity (Wildman–Crippen MR) is 318 cm³/mol. The molecular weight excluding hydrogens is 1010 g/mol. The van der Waals surface area contributed by atoms with Gasteiger partial charge in [-0.25, -0.2) is 4.79 Å². The summed E-state index contributed by atoms with van der Waals surface area (Å²) in [5.41, 5.74) is -0.183. The highest BCUT2D eigenvalue weighted by Crippen LogP contribution is 2.49. The molecule has 2 saturated carbocycles. The number of rotatable bonds is 15. The van der Waals surface area contributed by atoms with Crippen LogP contribution in [0.2, 0.25) is 137 Å². The number of carbonyl (C=O) groups excluding carboxylic acids is 3. The molecule has 420 valence electrons. The summed E-state index contributed by atoms with van der Waals surface area (Å²) in [6, 6.07) is 0.628. The van der Waals surface area contributed by atoms with Crippen LogP contribution in [0.25, 0.3) is 0 Å². The molecule has 2 fully saturated rings. The number of hydrogen-bond donors (Lipinski definition) is 0. The fraction of sp³-hybridized carbons (Fsp3) is 0.906. The SMILES string of the molecule is CC1(O[Si](C)(C)C)[C@H](O[Si](C)(C)C(C)(C)C)CC(=O)C[C@H]1O[Si](C)(C)C(C)(C)C.COC(=O)C=C1C[C@@H](O[Si](C)(C)C(C)(C)C)C(C)(O[Si](C)(C)C)[C@H](O[Si](C)(C)C(C)(C)C)C1.COC(=O)C[Si](C)(C)C. The molecule has 0 spiro atoms. The first-order valence-electron chi connectivity index (χ1n) is 26.4. The van der Waals surface area contributed by atoms with Crippen LogP contribution in [0.4, 0.5) is 0 Å². The predicted octanol–water partition coefficient (Wildman–Crippen LogP) is 15.5. The highest BCUT2D eigenvalue weighted by molar-refractivity contribution is 6.78. The maximum Gasteiger partial charge on any atom is 0.330 e. The van der Waals surface area contributed by atoms with Crippen LogP contribution < -0.4 is 0 Å². The highest BCUT2D eigenvalue weighted by atomic mass is 28.4. The molecule has 0 bridgehead atoms. The summed E-state index contributed by atoms with van der Waals surface area (Å²) in [4.78, 5) is 35.7. The van der Waals surface area contributed by atoms with Gasteiger partial charge in [-0.1, -0.05) is 108 Å². The van der Waals surface area contributed by atoms with Gasteiger partial charge >= 0.3 is 11.9 Å². The van der Waals surface area contributed by atoms with Crippen LogP contribution in [0.3, 0.4) is 0 Å². The van der Waals surface area contributed by atoms with Crippen molar-refractivity contribution in [2.24, 2.45) is 0 Å².